The fourth-order valence-corrected chi connectivity index (χ4v) is 1.57. The van der Waals surface area contributed by atoms with E-state index in [1.807, 2.05) is 6.92 Å². The Bertz CT molecular complexity index is 475. The molecule has 0 radical (unpaired) electrons. The highest BCUT2D eigenvalue weighted by molar-refractivity contribution is 5.92. The van der Waals surface area contributed by atoms with Gasteiger partial charge in [0.05, 0.1) is 30.1 Å². The molecule has 0 heterocycles. The summed E-state index contributed by atoms with van der Waals surface area (Å²) in [6.07, 6.45) is 0.891. The molecule has 1 aromatic rings. The topological polar surface area (TPSA) is 93.5 Å². The summed E-state index contributed by atoms with van der Waals surface area (Å²) in [5, 5.41) is 5.68. The van der Waals surface area contributed by atoms with Crippen molar-refractivity contribution >= 4 is 23.3 Å². The summed E-state index contributed by atoms with van der Waals surface area (Å²) >= 11 is 0. The molecule has 1 aromatic carbocycles. The zero-order chi connectivity index (χ0) is 15.0. The van der Waals surface area contributed by atoms with Crippen LogP contribution in [-0.4, -0.2) is 31.6 Å². The van der Waals surface area contributed by atoms with Gasteiger partial charge < -0.3 is 21.1 Å². The second-order valence-electron chi connectivity index (χ2n) is 4.23. The molecule has 1 amide bonds. The first-order chi connectivity index (χ1) is 9.58. The highest BCUT2D eigenvalue weighted by atomic mass is 16.5. The minimum atomic E-state index is -0.411. The van der Waals surface area contributed by atoms with E-state index in [1.54, 1.807) is 19.1 Å². The Kier molecular flexibility index (Phi) is 6.36. The molecule has 0 saturated carbocycles. The van der Waals surface area contributed by atoms with Crippen LogP contribution in [0.4, 0.5) is 11.4 Å². The molecular formula is C14H21N3O3. The number of carbonyl (C=O) groups excluding carboxylic acids is 2. The molecule has 110 valence electrons. The second kappa shape index (κ2) is 8.04. The third-order valence-electron chi connectivity index (χ3n) is 2.57. The molecule has 20 heavy (non-hydrogen) atoms. The smallest absolute Gasteiger partial charge is 0.338 e. The largest absolute Gasteiger partial charge is 0.462 e. The Morgan fingerprint density at radius 2 is 2.05 bits per heavy atom. The van der Waals surface area contributed by atoms with Gasteiger partial charge in [-0.1, -0.05) is 6.92 Å². The van der Waals surface area contributed by atoms with E-state index in [4.69, 9.17) is 10.5 Å². The van der Waals surface area contributed by atoms with Crippen molar-refractivity contribution in [2.45, 2.75) is 20.3 Å². The quantitative estimate of drug-likeness (QED) is 0.518. The van der Waals surface area contributed by atoms with E-state index in [-0.39, 0.29) is 12.5 Å². The van der Waals surface area contributed by atoms with Gasteiger partial charge >= 0.3 is 5.97 Å². The van der Waals surface area contributed by atoms with Crippen molar-refractivity contribution in [1.29, 1.82) is 0 Å². The zero-order valence-corrected chi connectivity index (χ0v) is 11.9. The minimum absolute atomic E-state index is 0.0966. The summed E-state index contributed by atoms with van der Waals surface area (Å²) in [4.78, 5) is 23.0. The number of rotatable bonds is 7. The van der Waals surface area contributed by atoms with Crippen molar-refractivity contribution in [1.82, 2.24) is 5.32 Å². The van der Waals surface area contributed by atoms with Crippen LogP contribution in [0.2, 0.25) is 0 Å². The molecule has 6 nitrogen and oxygen atoms in total. The van der Waals surface area contributed by atoms with Crippen molar-refractivity contribution in [3.8, 4) is 0 Å². The Morgan fingerprint density at radius 1 is 1.30 bits per heavy atom. The van der Waals surface area contributed by atoms with Crippen LogP contribution in [0, 0.1) is 0 Å². The molecule has 1 rings (SSSR count). The summed E-state index contributed by atoms with van der Waals surface area (Å²) in [6, 6.07) is 4.81. The number of anilines is 2. The summed E-state index contributed by atoms with van der Waals surface area (Å²) in [7, 11) is 0. The van der Waals surface area contributed by atoms with Crippen LogP contribution in [0.5, 0.6) is 0 Å². The standard InChI is InChI=1S/C14H21N3O3/c1-3-7-16-13(18)9-17-12-6-5-10(8-11(12)15)14(19)20-4-2/h5-6,8,17H,3-4,7,9,15H2,1-2H3,(H,16,18). The van der Waals surface area contributed by atoms with E-state index >= 15 is 0 Å². The number of nitrogen functional groups attached to an aromatic ring is 1. The molecule has 0 saturated heterocycles. The molecule has 4 N–H and O–H groups in total. The van der Waals surface area contributed by atoms with Crippen molar-refractivity contribution in [3.63, 3.8) is 0 Å². The lowest BCUT2D eigenvalue weighted by Gasteiger charge is -2.10. The molecule has 0 aliphatic rings. The summed E-state index contributed by atoms with van der Waals surface area (Å²) in [6.45, 7) is 4.84. The van der Waals surface area contributed by atoms with Crippen LogP contribution in [-0.2, 0) is 9.53 Å². The van der Waals surface area contributed by atoms with Gasteiger partial charge in [-0.3, -0.25) is 4.79 Å². The van der Waals surface area contributed by atoms with Gasteiger partial charge in [0.1, 0.15) is 0 Å². The molecule has 0 fully saturated rings. The number of benzene rings is 1. The number of hydrogen-bond donors (Lipinski definition) is 3. The Labute approximate surface area is 118 Å². The molecule has 0 aromatic heterocycles. The average Bonchev–Trinajstić information content (AvgIpc) is 2.43. The maximum Gasteiger partial charge on any atom is 0.338 e. The number of esters is 1. The number of amides is 1. The Hall–Kier alpha value is -2.24. The Morgan fingerprint density at radius 3 is 2.65 bits per heavy atom. The minimum Gasteiger partial charge on any atom is -0.462 e. The van der Waals surface area contributed by atoms with Crippen molar-refractivity contribution in [3.05, 3.63) is 23.8 Å². The maximum absolute atomic E-state index is 11.5. The van der Waals surface area contributed by atoms with Gasteiger partial charge in [0.15, 0.2) is 0 Å². The van der Waals surface area contributed by atoms with Crippen LogP contribution in [0.25, 0.3) is 0 Å². The molecule has 0 bridgehead atoms. The fourth-order valence-electron chi connectivity index (χ4n) is 1.57. The van der Waals surface area contributed by atoms with E-state index < -0.39 is 5.97 Å². The lowest BCUT2D eigenvalue weighted by molar-refractivity contribution is -0.119. The molecule has 0 spiro atoms. The highest BCUT2D eigenvalue weighted by Crippen LogP contribution is 2.20. The molecular weight excluding hydrogens is 258 g/mol. The van der Waals surface area contributed by atoms with Crippen molar-refractivity contribution in [2.24, 2.45) is 0 Å². The lowest BCUT2D eigenvalue weighted by atomic mass is 10.1. The van der Waals surface area contributed by atoms with Gasteiger partial charge in [-0.05, 0) is 31.5 Å². The SMILES string of the molecule is CCCNC(=O)CNc1ccc(C(=O)OCC)cc1N. The van der Waals surface area contributed by atoms with Gasteiger partial charge in [-0.15, -0.1) is 0 Å². The normalized spacial score (nSPS) is 9.90. The van der Waals surface area contributed by atoms with Crippen molar-refractivity contribution < 1.29 is 14.3 Å². The third kappa shape index (κ3) is 4.79. The average molecular weight is 279 g/mol. The highest BCUT2D eigenvalue weighted by Gasteiger charge is 2.09. The summed E-state index contributed by atoms with van der Waals surface area (Å²) in [5.74, 6) is -0.507. The van der Waals surface area contributed by atoms with Crippen LogP contribution in [0.1, 0.15) is 30.6 Å². The predicted molar refractivity (Wildman–Crippen MR) is 78.6 cm³/mol. The molecule has 0 aliphatic heterocycles. The van der Waals surface area contributed by atoms with E-state index in [9.17, 15) is 9.59 Å². The van der Waals surface area contributed by atoms with E-state index in [0.717, 1.165) is 6.42 Å². The van der Waals surface area contributed by atoms with Crippen LogP contribution >= 0.6 is 0 Å². The second-order valence-corrected chi connectivity index (χ2v) is 4.23. The van der Waals surface area contributed by atoms with Gasteiger partial charge in [-0.25, -0.2) is 4.79 Å². The number of carbonyl (C=O) groups is 2. The molecule has 0 aliphatic carbocycles. The number of nitrogens with one attached hydrogen (secondary N) is 2. The first kappa shape index (κ1) is 15.8. The summed E-state index contributed by atoms with van der Waals surface area (Å²) < 4.78 is 4.89. The van der Waals surface area contributed by atoms with Crippen LogP contribution in [0.15, 0.2) is 18.2 Å². The molecule has 0 atom stereocenters. The van der Waals surface area contributed by atoms with Crippen molar-refractivity contribution in [2.75, 3.05) is 30.7 Å². The number of ether oxygens (including phenoxy) is 1. The first-order valence-electron chi connectivity index (χ1n) is 6.65. The fraction of sp³-hybridized carbons (Fsp3) is 0.429. The van der Waals surface area contributed by atoms with Gasteiger partial charge in [0.25, 0.3) is 0 Å². The van der Waals surface area contributed by atoms with E-state index in [1.165, 1.54) is 6.07 Å². The monoisotopic (exact) mass is 279 g/mol. The summed E-state index contributed by atoms with van der Waals surface area (Å²) in [5.41, 5.74) is 7.25. The zero-order valence-electron chi connectivity index (χ0n) is 11.9. The van der Waals surface area contributed by atoms with Crippen LogP contribution in [0.3, 0.4) is 0 Å². The van der Waals surface area contributed by atoms with Gasteiger partial charge in [-0.2, -0.15) is 0 Å². The van der Waals surface area contributed by atoms with E-state index in [0.29, 0.717) is 30.1 Å². The van der Waals surface area contributed by atoms with Gasteiger partial charge in [0.2, 0.25) is 5.91 Å². The van der Waals surface area contributed by atoms with Crippen LogP contribution < -0.4 is 16.4 Å². The number of hydrogen-bond acceptors (Lipinski definition) is 5. The first-order valence-corrected chi connectivity index (χ1v) is 6.65. The predicted octanol–water partition coefficient (Wildman–Crippen LogP) is 1.38. The lowest BCUT2D eigenvalue weighted by Crippen LogP contribution is -2.30. The number of nitrogens with two attached hydrogens (primary N) is 1. The molecule has 0 unspecified atom stereocenters. The Balaban J connectivity index is 2.60. The third-order valence-corrected chi connectivity index (χ3v) is 2.57. The van der Waals surface area contributed by atoms with E-state index in [2.05, 4.69) is 10.6 Å². The maximum atomic E-state index is 11.5. The van der Waals surface area contributed by atoms with Gasteiger partial charge in [0, 0.05) is 6.54 Å². The molecule has 6 heteroatoms.